The fraction of sp³-hybridized carbons (Fsp3) is 0.241. The number of aliphatic imine (C=N–C) groups is 1. The summed E-state index contributed by atoms with van der Waals surface area (Å²) in [7, 11) is 0. The third-order valence-electron chi connectivity index (χ3n) is 6.96. The first kappa shape index (κ1) is 25.3. The van der Waals surface area contributed by atoms with Gasteiger partial charge in [-0.05, 0) is 48.7 Å². The van der Waals surface area contributed by atoms with Gasteiger partial charge in [0.25, 0.3) is 0 Å². The number of rotatable bonds is 6. The summed E-state index contributed by atoms with van der Waals surface area (Å²) in [6.45, 7) is 6.44. The second kappa shape index (κ2) is 10.5. The summed E-state index contributed by atoms with van der Waals surface area (Å²) in [4.78, 5) is 20.9. The van der Waals surface area contributed by atoms with Gasteiger partial charge in [0.15, 0.2) is 5.84 Å². The van der Waals surface area contributed by atoms with Gasteiger partial charge in [-0.2, -0.15) is 0 Å². The number of nitrogens with zero attached hydrogens (tertiary/aromatic N) is 5. The number of hydrogen-bond donors (Lipinski definition) is 3. The Morgan fingerprint density at radius 1 is 1.00 bits per heavy atom. The molecule has 4 aromatic rings. The molecule has 9 heteroatoms. The van der Waals surface area contributed by atoms with Crippen molar-refractivity contribution in [1.82, 2.24) is 19.9 Å². The zero-order chi connectivity index (χ0) is 26.7. The lowest BCUT2D eigenvalue weighted by Gasteiger charge is -2.36. The minimum Gasteiger partial charge on any atom is -0.381 e. The summed E-state index contributed by atoms with van der Waals surface area (Å²) in [6, 6.07) is 16.2. The normalized spacial score (nSPS) is 15.8. The van der Waals surface area contributed by atoms with E-state index in [4.69, 9.17) is 5.41 Å². The molecule has 0 unspecified atom stereocenters. The number of aromatic nitrogens is 3. The van der Waals surface area contributed by atoms with Crippen molar-refractivity contribution in [3.05, 3.63) is 101 Å². The first-order chi connectivity index (χ1) is 18.3. The van der Waals surface area contributed by atoms with Crippen molar-refractivity contribution in [2.24, 2.45) is 4.99 Å². The predicted molar refractivity (Wildman–Crippen MR) is 147 cm³/mol. The van der Waals surface area contributed by atoms with E-state index in [1.807, 2.05) is 6.20 Å². The fourth-order valence-electron chi connectivity index (χ4n) is 4.61. The summed E-state index contributed by atoms with van der Waals surface area (Å²) < 4.78 is 13.3. The number of aryl methyl sites for hydroxylation is 1. The highest BCUT2D eigenvalue weighted by molar-refractivity contribution is 6.01. The first-order valence-electron chi connectivity index (χ1n) is 12.5. The van der Waals surface area contributed by atoms with Crippen LogP contribution in [0.3, 0.4) is 0 Å². The molecular weight excluding hydrogens is 481 g/mol. The molecule has 2 aromatic carbocycles. The van der Waals surface area contributed by atoms with Crippen LogP contribution in [-0.4, -0.2) is 63.3 Å². The second-order valence-corrected chi connectivity index (χ2v) is 9.57. The van der Waals surface area contributed by atoms with E-state index in [0.29, 0.717) is 43.3 Å². The molecule has 5 rings (SSSR count). The van der Waals surface area contributed by atoms with Crippen LogP contribution in [0.25, 0.3) is 11.1 Å². The predicted octanol–water partition coefficient (Wildman–Crippen LogP) is 4.35. The minimum absolute atomic E-state index is 0.355. The van der Waals surface area contributed by atoms with Crippen LogP contribution >= 0.6 is 0 Å². The topological polar surface area (TPSA) is 104 Å². The van der Waals surface area contributed by atoms with E-state index in [2.05, 4.69) is 67.0 Å². The van der Waals surface area contributed by atoms with Crippen LogP contribution in [0, 0.1) is 18.2 Å². The molecule has 0 aliphatic carbocycles. The fourth-order valence-corrected chi connectivity index (χ4v) is 4.61. The molecule has 0 saturated carbocycles. The highest BCUT2D eigenvalue weighted by Crippen LogP contribution is 2.29. The molecule has 8 nitrogen and oxygen atoms in total. The monoisotopic (exact) mass is 511 g/mol. The Kier molecular flexibility index (Phi) is 7.02. The summed E-state index contributed by atoms with van der Waals surface area (Å²) >= 11 is 0. The standard InChI is InChI=1S/C29H30FN7O/c1-20-3-5-21(6-4-20)22-15-26(32-16-22)27(35-19-31)36-11-13-37(14-12-36)28-33-17-24(18-34-28)29(2,38)23-7-9-25(30)10-8-23/h3-10,15-19,31-32,38H,11-14H2,1-2H3/b31-19?,35-27+/t29-/m0/s1. The van der Waals surface area contributed by atoms with Crippen molar-refractivity contribution in [3.8, 4) is 11.1 Å². The maximum Gasteiger partial charge on any atom is 0.225 e. The van der Waals surface area contributed by atoms with Gasteiger partial charge in [0, 0.05) is 50.3 Å². The SMILES string of the molecule is Cc1ccc(-c2c[nH]c(/C(=N\C=N)N3CCN(c4ncc([C@@](C)(O)c5ccc(F)cc5)cn4)CC3)c2)cc1. The van der Waals surface area contributed by atoms with E-state index in [1.165, 1.54) is 17.7 Å². The largest absolute Gasteiger partial charge is 0.381 e. The van der Waals surface area contributed by atoms with Crippen molar-refractivity contribution >= 4 is 18.1 Å². The molecule has 1 aliphatic heterocycles. The van der Waals surface area contributed by atoms with Crippen LogP contribution in [0.1, 0.15) is 29.3 Å². The van der Waals surface area contributed by atoms with Crippen LogP contribution in [-0.2, 0) is 5.60 Å². The number of anilines is 1. The molecular formula is C29H30FN7O. The summed E-state index contributed by atoms with van der Waals surface area (Å²) in [6.07, 6.45) is 6.27. The molecule has 0 spiro atoms. The Morgan fingerprint density at radius 3 is 2.29 bits per heavy atom. The van der Waals surface area contributed by atoms with Crippen LogP contribution in [0.5, 0.6) is 0 Å². The lowest BCUT2D eigenvalue weighted by Crippen LogP contribution is -2.49. The Hall–Kier alpha value is -4.37. The third-order valence-corrected chi connectivity index (χ3v) is 6.96. The molecule has 38 heavy (non-hydrogen) atoms. The Labute approximate surface area is 221 Å². The maximum absolute atomic E-state index is 13.3. The molecule has 0 amide bonds. The van der Waals surface area contributed by atoms with Crippen LogP contribution in [0.4, 0.5) is 10.3 Å². The van der Waals surface area contributed by atoms with Crippen molar-refractivity contribution < 1.29 is 9.50 Å². The van der Waals surface area contributed by atoms with Gasteiger partial charge in [0.05, 0.1) is 5.69 Å². The van der Waals surface area contributed by atoms with Crippen LogP contribution in [0.15, 0.2) is 78.2 Å². The quantitative estimate of drug-likeness (QED) is 0.264. The Bertz CT molecular complexity index is 1420. The second-order valence-electron chi connectivity index (χ2n) is 9.57. The molecule has 1 aliphatic rings. The molecule has 0 bridgehead atoms. The van der Waals surface area contributed by atoms with E-state index in [9.17, 15) is 9.50 Å². The van der Waals surface area contributed by atoms with Crippen molar-refractivity contribution in [2.45, 2.75) is 19.4 Å². The summed E-state index contributed by atoms with van der Waals surface area (Å²) in [5, 5.41) is 18.6. The number of amidine groups is 1. The molecule has 1 saturated heterocycles. The van der Waals surface area contributed by atoms with E-state index >= 15 is 0 Å². The molecule has 3 heterocycles. The molecule has 1 atom stereocenters. The minimum atomic E-state index is -1.34. The zero-order valence-electron chi connectivity index (χ0n) is 21.4. The number of piperazine rings is 1. The number of halogens is 1. The number of aliphatic hydroxyl groups is 1. The lowest BCUT2D eigenvalue weighted by molar-refractivity contribution is 0.101. The highest BCUT2D eigenvalue weighted by atomic mass is 19.1. The Balaban J connectivity index is 1.26. The molecule has 194 valence electrons. The van der Waals surface area contributed by atoms with Gasteiger partial charge in [-0.1, -0.05) is 42.0 Å². The molecule has 1 fully saturated rings. The first-order valence-corrected chi connectivity index (χ1v) is 12.5. The third kappa shape index (κ3) is 5.19. The molecule has 0 radical (unpaired) electrons. The van der Waals surface area contributed by atoms with Gasteiger partial charge in [-0.25, -0.2) is 19.4 Å². The molecule has 2 aromatic heterocycles. The average Bonchev–Trinajstić information content (AvgIpc) is 3.42. The Morgan fingerprint density at radius 2 is 1.66 bits per heavy atom. The average molecular weight is 512 g/mol. The van der Waals surface area contributed by atoms with E-state index < -0.39 is 5.60 Å². The zero-order valence-corrected chi connectivity index (χ0v) is 21.4. The van der Waals surface area contributed by atoms with Gasteiger partial charge in [-0.3, -0.25) is 5.41 Å². The molecule has 3 N–H and O–H groups in total. The van der Waals surface area contributed by atoms with Gasteiger partial charge in [0.2, 0.25) is 5.95 Å². The summed E-state index contributed by atoms with van der Waals surface area (Å²) in [5.41, 5.74) is 4.03. The van der Waals surface area contributed by atoms with Crippen LogP contribution in [0.2, 0.25) is 0 Å². The number of benzene rings is 2. The van der Waals surface area contributed by atoms with Crippen molar-refractivity contribution in [1.29, 1.82) is 5.41 Å². The number of hydrogen-bond acceptors (Lipinski definition) is 5. The lowest BCUT2D eigenvalue weighted by atomic mass is 9.90. The van der Waals surface area contributed by atoms with E-state index in [1.54, 1.807) is 31.5 Å². The summed E-state index contributed by atoms with van der Waals surface area (Å²) in [5.74, 6) is 0.951. The number of H-pyrrole nitrogens is 1. The van der Waals surface area contributed by atoms with Gasteiger partial charge in [0.1, 0.15) is 17.8 Å². The van der Waals surface area contributed by atoms with Crippen molar-refractivity contribution in [3.63, 3.8) is 0 Å². The van der Waals surface area contributed by atoms with Gasteiger partial charge < -0.3 is 19.9 Å². The number of nitrogens with one attached hydrogen (secondary N) is 2. The van der Waals surface area contributed by atoms with Gasteiger partial charge in [-0.15, -0.1) is 0 Å². The van der Waals surface area contributed by atoms with E-state index in [0.717, 1.165) is 29.0 Å². The van der Waals surface area contributed by atoms with E-state index in [-0.39, 0.29) is 5.82 Å². The smallest absolute Gasteiger partial charge is 0.225 e. The van der Waals surface area contributed by atoms with Crippen LogP contribution < -0.4 is 4.90 Å². The highest BCUT2D eigenvalue weighted by Gasteiger charge is 2.28. The number of aromatic amines is 1. The van der Waals surface area contributed by atoms with Crippen molar-refractivity contribution in [2.75, 3.05) is 31.1 Å². The van der Waals surface area contributed by atoms with Gasteiger partial charge >= 0.3 is 0 Å². The maximum atomic E-state index is 13.3.